The molecule has 0 spiro atoms. The summed E-state index contributed by atoms with van der Waals surface area (Å²) in [6.45, 7) is 2.20. The normalized spacial score (nSPS) is 18.0. The Kier molecular flexibility index (Phi) is 3.31. The summed E-state index contributed by atoms with van der Waals surface area (Å²) in [6.07, 6.45) is 9.00. The summed E-state index contributed by atoms with van der Waals surface area (Å²) in [7, 11) is 1.88. The number of hydrogen-bond donors (Lipinski definition) is 0. The van der Waals surface area contributed by atoms with E-state index in [0.29, 0.717) is 6.61 Å². The van der Waals surface area contributed by atoms with Gasteiger partial charge in [-0.1, -0.05) is 6.08 Å². The summed E-state index contributed by atoms with van der Waals surface area (Å²) in [5.74, 6) is -0.302. The predicted molar refractivity (Wildman–Crippen MR) is 50.8 cm³/mol. The van der Waals surface area contributed by atoms with Crippen LogP contribution in [0.3, 0.4) is 0 Å². The van der Waals surface area contributed by atoms with E-state index in [4.69, 9.17) is 4.74 Å². The van der Waals surface area contributed by atoms with Crippen LogP contribution in [0.4, 0.5) is 0 Å². The number of allylic oxidation sites excluding steroid dienone is 3. The van der Waals surface area contributed by atoms with Gasteiger partial charge in [0.15, 0.2) is 0 Å². The highest BCUT2D eigenvalue weighted by molar-refractivity contribution is 5.83. The fourth-order valence-corrected chi connectivity index (χ4v) is 0.991. The van der Waals surface area contributed by atoms with Crippen LogP contribution in [0.5, 0.6) is 0 Å². The monoisotopic (exact) mass is 179 g/mol. The molecule has 0 aliphatic carbocycles. The molecule has 1 heterocycles. The van der Waals surface area contributed by atoms with Crippen molar-refractivity contribution in [2.75, 3.05) is 13.7 Å². The standard InChI is InChI=1S/C10H13NO2/c1-3-13-10(12)8-9-6-4-5-7-11(9)2/h4-8H,3H2,1-2H3/b9-8+. The topological polar surface area (TPSA) is 29.5 Å². The van der Waals surface area contributed by atoms with Crippen LogP contribution in [0, 0.1) is 0 Å². The second-order valence-corrected chi connectivity index (χ2v) is 2.63. The first-order valence-electron chi connectivity index (χ1n) is 4.20. The molecule has 0 aromatic carbocycles. The number of rotatable bonds is 2. The maximum Gasteiger partial charge on any atom is 0.332 e. The van der Waals surface area contributed by atoms with Crippen molar-refractivity contribution in [2.24, 2.45) is 0 Å². The van der Waals surface area contributed by atoms with Gasteiger partial charge in [0.1, 0.15) is 0 Å². The molecular weight excluding hydrogens is 166 g/mol. The van der Waals surface area contributed by atoms with Crippen molar-refractivity contribution in [1.82, 2.24) is 4.90 Å². The van der Waals surface area contributed by atoms with Crippen LogP contribution in [0.25, 0.3) is 0 Å². The molecule has 0 aromatic rings. The Morgan fingerprint density at radius 2 is 2.38 bits per heavy atom. The second kappa shape index (κ2) is 4.50. The zero-order chi connectivity index (χ0) is 9.68. The minimum atomic E-state index is -0.302. The van der Waals surface area contributed by atoms with E-state index in [1.807, 2.05) is 36.4 Å². The molecule has 1 aliphatic heterocycles. The van der Waals surface area contributed by atoms with Gasteiger partial charge < -0.3 is 9.64 Å². The fourth-order valence-electron chi connectivity index (χ4n) is 0.991. The van der Waals surface area contributed by atoms with Crippen LogP contribution in [0.1, 0.15) is 6.92 Å². The van der Waals surface area contributed by atoms with Crippen molar-refractivity contribution in [3.8, 4) is 0 Å². The van der Waals surface area contributed by atoms with Crippen molar-refractivity contribution in [2.45, 2.75) is 6.92 Å². The first kappa shape index (κ1) is 9.58. The Morgan fingerprint density at radius 3 is 3.00 bits per heavy atom. The lowest BCUT2D eigenvalue weighted by Crippen LogP contribution is -2.13. The third-order valence-corrected chi connectivity index (χ3v) is 1.65. The lowest BCUT2D eigenvalue weighted by molar-refractivity contribution is -0.137. The maximum atomic E-state index is 11.1. The number of likely N-dealkylation sites (N-methyl/N-ethyl adjacent to an activating group) is 1. The first-order valence-corrected chi connectivity index (χ1v) is 4.20. The quantitative estimate of drug-likeness (QED) is 0.474. The van der Waals surface area contributed by atoms with E-state index in [-0.39, 0.29) is 5.97 Å². The van der Waals surface area contributed by atoms with E-state index in [9.17, 15) is 4.79 Å². The minimum absolute atomic E-state index is 0.302. The van der Waals surface area contributed by atoms with Crippen molar-refractivity contribution in [3.05, 3.63) is 36.2 Å². The number of esters is 1. The minimum Gasteiger partial charge on any atom is -0.463 e. The number of carbonyl (C=O) groups is 1. The van der Waals surface area contributed by atoms with E-state index in [2.05, 4.69) is 0 Å². The zero-order valence-corrected chi connectivity index (χ0v) is 7.86. The lowest BCUT2D eigenvalue weighted by Gasteiger charge is -2.17. The Morgan fingerprint density at radius 1 is 1.62 bits per heavy atom. The highest BCUT2D eigenvalue weighted by Gasteiger charge is 2.04. The van der Waals surface area contributed by atoms with Crippen LogP contribution in [0.15, 0.2) is 36.2 Å². The largest absolute Gasteiger partial charge is 0.463 e. The van der Waals surface area contributed by atoms with Gasteiger partial charge in [-0.2, -0.15) is 0 Å². The SMILES string of the molecule is CCOC(=O)/C=C1\C=CC=CN1C. The lowest BCUT2D eigenvalue weighted by atomic mass is 10.2. The van der Waals surface area contributed by atoms with Gasteiger partial charge in [-0.15, -0.1) is 0 Å². The van der Waals surface area contributed by atoms with Gasteiger partial charge in [-0.05, 0) is 19.1 Å². The average molecular weight is 179 g/mol. The van der Waals surface area contributed by atoms with E-state index >= 15 is 0 Å². The molecule has 1 aliphatic rings. The number of ether oxygens (including phenoxy) is 1. The zero-order valence-electron chi connectivity index (χ0n) is 7.86. The average Bonchev–Trinajstić information content (AvgIpc) is 2.09. The molecule has 0 saturated carbocycles. The smallest absolute Gasteiger partial charge is 0.332 e. The molecule has 70 valence electrons. The van der Waals surface area contributed by atoms with Crippen LogP contribution in [-0.4, -0.2) is 24.5 Å². The van der Waals surface area contributed by atoms with Crippen molar-refractivity contribution >= 4 is 5.97 Å². The summed E-state index contributed by atoms with van der Waals surface area (Å²) >= 11 is 0. The number of nitrogens with zero attached hydrogens (tertiary/aromatic N) is 1. The molecule has 0 fully saturated rings. The Labute approximate surface area is 78.0 Å². The molecule has 0 bridgehead atoms. The molecular formula is C10H13NO2. The van der Waals surface area contributed by atoms with Gasteiger partial charge in [0.05, 0.1) is 6.61 Å². The van der Waals surface area contributed by atoms with Gasteiger partial charge in [-0.3, -0.25) is 0 Å². The molecule has 0 atom stereocenters. The molecule has 0 radical (unpaired) electrons. The molecule has 0 aromatic heterocycles. The third kappa shape index (κ3) is 2.78. The highest BCUT2D eigenvalue weighted by Crippen LogP contribution is 2.09. The second-order valence-electron chi connectivity index (χ2n) is 2.63. The van der Waals surface area contributed by atoms with Gasteiger partial charge in [0.2, 0.25) is 0 Å². The van der Waals surface area contributed by atoms with Crippen LogP contribution < -0.4 is 0 Å². The van der Waals surface area contributed by atoms with E-state index in [1.165, 1.54) is 6.08 Å². The molecule has 0 amide bonds. The maximum absolute atomic E-state index is 11.1. The molecule has 3 heteroatoms. The third-order valence-electron chi connectivity index (χ3n) is 1.65. The molecule has 3 nitrogen and oxygen atoms in total. The Bertz CT molecular complexity index is 277. The molecule has 0 unspecified atom stereocenters. The van der Waals surface area contributed by atoms with E-state index in [1.54, 1.807) is 6.92 Å². The first-order chi connectivity index (χ1) is 6.24. The van der Waals surface area contributed by atoms with Crippen LogP contribution in [-0.2, 0) is 9.53 Å². The summed E-state index contributed by atoms with van der Waals surface area (Å²) in [6, 6.07) is 0. The molecule has 1 rings (SSSR count). The van der Waals surface area contributed by atoms with E-state index < -0.39 is 0 Å². The van der Waals surface area contributed by atoms with Gasteiger partial charge in [0, 0.05) is 25.0 Å². The van der Waals surface area contributed by atoms with Crippen molar-refractivity contribution < 1.29 is 9.53 Å². The Balaban J connectivity index is 2.65. The highest BCUT2D eigenvalue weighted by atomic mass is 16.5. The van der Waals surface area contributed by atoms with Gasteiger partial charge in [0.25, 0.3) is 0 Å². The Hall–Kier alpha value is -1.51. The molecule has 0 saturated heterocycles. The fraction of sp³-hybridized carbons (Fsp3) is 0.300. The van der Waals surface area contributed by atoms with Crippen molar-refractivity contribution in [1.29, 1.82) is 0 Å². The molecule has 13 heavy (non-hydrogen) atoms. The number of hydrogen-bond acceptors (Lipinski definition) is 3. The summed E-state index contributed by atoms with van der Waals surface area (Å²) in [4.78, 5) is 12.9. The predicted octanol–water partition coefficient (Wildman–Crippen LogP) is 1.45. The number of carbonyl (C=O) groups excluding carboxylic acids is 1. The van der Waals surface area contributed by atoms with Gasteiger partial charge in [-0.25, -0.2) is 4.79 Å². The van der Waals surface area contributed by atoms with E-state index in [0.717, 1.165) is 5.70 Å². The van der Waals surface area contributed by atoms with Crippen LogP contribution >= 0.6 is 0 Å². The molecule has 0 N–H and O–H groups in total. The summed E-state index contributed by atoms with van der Waals surface area (Å²) in [5.41, 5.74) is 0.834. The summed E-state index contributed by atoms with van der Waals surface area (Å²) in [5, 5.41) is 0. The van der Waals surface area contributed by atoms with Gasteiger partial charge >= 0.3 is 5.97 Å². The van der Waals surface area contributed by atoms with Crippen LogP contribution in [0.2, 0.25) is 0 Å². The summed E-state index contributed by atoms with van der Waals surface area (Å²) < 4.78 is 4.79. The van der Waals surface area contributed by atoms with Crippen molar-refractivity contribution in [3.63, 3.8) is 0 Å².